The Bertz CT molecular complexity index is 1350. The second-order valence-electron chi connectivity index (χ2n) is 11.1. The van der Waals surface area contributed by atoms with Gasteiger partial charge >= 0.3 is 0 Å². The zero-order valence-electron chi connectivity index (χ0n) is 22.5. The minimum Gasteiger partial charge on any atom is -0.379 e. The molecule has 2 aromatic carbocycles. The van der Waals surface area contributed by atoms with Crippen molar-refractivity contribution in [1.29, 1.82) is 0 Å². The number of hydrazone groups is 1. The van der Waals surface area contributed by atoms with Crippen molar-refractivity contribution in [2.45, 2.75) is 26.7 Å². The molecular weight excluding hydrogens is 515 g/mol. The molecule has 0 radical (unpaired) electrons. The summed E-state index contributed by atoms with van der Waals surface area (Å²) in [6.45, 7) is 10.5. The summed E-state index contributed by atoms with van der Waals surface area (Å²) < 4.78 is 21.8. The van der Waals surface area contributed by atoms with Gasteiger partial charge in [-0.2, -0.15) is 5.10 Å². The first kappa shape index (κ1) is 26.2. The van der Waals surface area contributed by atoms with Gasteiger partial charge in [-0.1, -0.05) is 32.0 Å². The van der Waals surface area contributed by atoms with Gasteiger partial charge < -0.3 is 14.4 Å². The fourth-order valence-corrected chi connectivity index (χ4v) is 9.85. The van der Waals surface area contributed by atoms with Crippen LogP contribution in [0.2, 0.25) is 0 Å². The standard InChI is InChI=1S/C28H35N6O4P/c1-28(2)20-25-27(26(21-28)31-12-16-37-17-13-31)39(32-14-18-38-19-15-32,33(29-25)23-6-4-3-5-7-23)30-22-8-10-24(11-9-22)34(35)36/h3-11H,12-21H2,1-2H3/t39-/m0/s1. The highest BCUT2D eigenvalue weighted by Gasteiger charge is 2.51. The lowest BCUT2D eigenvalue weighted by molar-refractivity contribution is -0.384. The van der Waals surface area contributed by atoms with Gasteiger partial charge in [-0.3, -0.25) is 10.1 Å². The largest absolute Gasteiger partial charge is 0.379 e. The van der Waals surface area contributed by atoms with Crippen LogP contribution in [-0.4, -0.2) is 72.8 Å². The second-order valence-corrected chi connectivity index (χ2v) is 13.8. The number of nitrogens with zero attached hydrogens (tertiary/aromatic N) is 6. The van der Waals surface area contributed by atoms with Crippen molar-refractivity contribution in [2.24, 2.45) is 15.3 Å². The molecule has 0 amide bonds. The number of fused-ring (bicyclic) bond motifs is 1. The molecule has 6 rings (SSSR count). The molecule has 0 N–H and O–H groups in total. The van der Waals surface area contributed by atoms with Crippen molar-refractivity contribution in [3.05, 3.63) is 75.7 Å². The molecule has 1 atom stereocenters. The Kier molecular flexibility index (Phi) is 7.05. The van der Waals surface area contributed by atoms with E-state index >= 15 is 0 Å². The molecule has 2 aromatic rings. The topological polar surface area (TPSA) is 96.0 Å². The summed E-state index contributed by atoms with van der Waals surface area (Å²) in [7, 11) is -2.69. The predicted molar refractivity (Wildman–Crippen MR) is 153 cm³/mol. The number of anilines is 1. The van der Waals surface area contributed by atoms with Gasteiger partial charge in [0.1, 0.15) is 0 Å². The monoisotopic (exact) mass is 550 g/mol. The molecular formula is C28H35N6O4P. The number of rotatable bonds is 5. The molecule has 2 saturated heterocycles. The molecule has 11 heteroatoms. The first-order valence-corrected chi connectivity index (χ1v) is 15.2. The summed E-state index contributed by atoms with van der Waals surface area (Å²) in [6.07, 6.45) is 1.80. The zero-order chi connectivity index (χ0) is 27.0. The summed E-state index contributed by atoms with van der Waals surface area (Å²) in [4.78, 5) is 13.5. The molecule has 4 aliphatic rings. The summed E-state index contributed by atoms with van der Waals surface area (Å²) in [5, 5.41) is 18.0. The predicted octanol–water partition coefficient (Wildman–Crippen LogP) is 5.83. The summed E-state index contributed by atoms with van der Waals surface area (Å²) in [5.41, 5.74) is 4.24. The van der Waals surface area contributed by atoms with E-state index in [0.29, 0.717) is 26.4 Å². The van der Waals surface area contributed by atoms with Crippen LogP contribution in [-0.2, 0) is 9.47 Å². The number of morpholine rings is 2. The van der Waals surface area contributed by atoms with Crippen LogP contribution in [0.5, 0.6) is 0 Å². The number of allylic oxidation sites excluding steroid dienone is 2. The van der Waals surface area contributed by atoms with Crippen molar-refractivity contribution in [2.75, 3.05) is 57.4 Å². The maximum atomic E-state index is 11.4. The second kappa shape index (κ2) is 10.5. The van der Waals surface area contributed by atoms with Crippen LogP contribution in [0.25, 0.3) is 0 Å². The Balaban J connectivity index is 1.65. The Morgan fingerprint density at radius 3 is 2.21 bits per heavy atom. The lowest BCUT2D eigenvalue weighted by Crippen LogP contribution is -2.42. The van der Waals surface area contributed by atoms with E-state index in [4.69, 9.17) is 19.3 Å². The minimum atomic E-state index is -2.69. The van der Waals surface area contributed by atoms with Crippen molar-refractivity contribution in [3.8, 4) is 0 Å². The number of ether oxygens (including phenoxy) is 2. The summed E-state index contributed by atoms with van der Waals surface area (Å²) >= 11 is 0. The van der Waals surface area contributed by atoms with E-state index < -0.39 is 7.36 Å². The molecule has 10 nitrogen and oxygen atoms in total. The van der Waals surface area contributed by atoms with Crippen LogP contribution >= 0.6 is 7.36 Å². The summed E-state index contributed by atoms with van der Waals surface area (Å²) in [5.74, 6) is 0. The number of hydrogen-bond acceptors (Lipinski definition) is 7. The average Bonchev–Trinajstić information content (AvgIpc) is 3.28. The van der Waals surface area contributed by atoms with Gasteiger partial charge in [0.15, 0.2) is 7.36 Å². The number of para-hydroxylation sites is 1. The van der Waals surface area contributed by atoms with E-state index in [1.807, 2.05) is 18.2 Å². The number of nitro groups is 1. The van der Waals surface area contributed by atoms with E-state index in [-0.39, 0.29) is 16.0 Å². The molecule has 0 bridgehead atoms. The van der Waals surface area contributed by atoms with Crippen molar-refractivity contribution >= 4 is 30.1 Å². The molecule has 1 aliphatic carbocycles. The first-order valence-electron chi connectivity index (χ1n) is 13.6. The number of nitro benzene ring substituents is 1. The van der Waals surface area contributed by atoms with Crippen LogP contribution in [0.15, 0.2) is 75.5 Å². The Morgan fingerprint density at radius 2 is 1.56 bits per heavy atom. The molecule has 206 valence electrons. The minimum absolute atomic E-state index is 0.0523. The van der Waals surface area contributed by atoms with Crippen molar-refractivity contribution in [3.63, 3.8) is 0 Å². The average molecular weight is 551 g/mol. The van der Waals surface area contributed by atoms with Gasteiger partial charge in [-0.15, -0.1) is 0 Å². The molecule has 2 fully saturated rings. The molecule has 39 heavy (non-hydrogen) atoms. The molecule has 0 spiro atoms. The van der Waals surface area contributed by atoms with Crippen LogP contribution in [0.4, 0.5) is 17.1 Å². The molecule has 0 unspecified atom stereocenters. The quantitative estimate of drug-likeness (QED) is 0.263. The Hall–Kier alpha value is -3.04. The van der Waals surface area contributed by atoms with Crippen LogP contribution in [0.3, 0.4) is 0 Å². The molecule has 3 aliphatic heterocycles. The zero-order valence-corrected chi connectivity index (χ0v) is 23.4. The van der Waals surface area contributed by atoms with Gasteiger partial charge in [0.2, 0.25) is 0 Å². The third-order valence-electron chi connectivity index (χ3n) is 7.70. The van der Waals surface area contributed by atoms with E-state index in [1.54, 1.807) is 24.3 Å². The third-order valence-corrected chi connectivity index (χ3v) is 11.4. The molecule has 3 heterocycles. The number of hydrogen-bond donors (Lipinski definition) is 0. The lowest BCUT2D eigenvalue weighted by atomic mass is 9.78. The summed E-state index contributed by atoms with van der Waals surface area (Å²) in [6, 6.07) is 16.9. The highest BCUT2D eigenvalue weighted by molar-refractivity contribution is 7.71. The van der Waals surface area contributed by atoms with Crippen LogP contribution in [0.1, 0.15) is 26.7 Å². The normalized spacial score (nSPS) is 25.3. The first-order chi connectivity index (χ1) is 18.9. The van der Waals surface area contributed by atoms with E-state index in [0.717, 1.165) is 56.1 Å². The smallest absolute Gasteiger partial charge is 0.269 e. The Labute approximate surface area is 229 Å². The fourth-order valence-electron chi connectivity index (χ4n) is 5.93. The van der Waals surface area contributed by atoms with Gasteiger partial charge in [-0.25, -0.2) is 14.2 Å². The number of non-ortho nitro benzene ring substituents is 1. The fraction of sp³-hybridized carbons (Fsp3) is 0.464. The van der Waals surface area contributed by atoms with E-state index in [1.165, 1.54) is 11.0 Å². The maximum Gasteiger partial charge on any atom is 0.269 e. The third kappa shape index (κ3) is 4.91. The Morgan fingerprint density at radius 1 is 0.923 bits per heavy atom. The highest BCUT2D eigenvalue weighted by Crippen LogP contribution is 2.72. The van der Waals surface area contributed by atoms with Gasteiger partial charge in [0.25, 0.3) is 5.69 Å². The van der Waals surface area contributed by atoms with Crippen molar-refractivity contribution in [1.82, 2.24) is 9.57 Å². The van der Waals surface area contributed by atoms with Gasteiger partial charge in [0, 0.05) is 44.0 Å². The van der Waals surface area contributed by atoms with E-state index in [2.05, 4.69) is 40.3 Å². The van der Waals surface area contributed by atoms with Crippen LogP contribution in [0, 0.1) is 15.5 Å². The van der Waals surface area contributed by atoms with Gasteiger partial charge in [-0.05, 0) is 42.5 Å². The SMILES string of the molecule is CC1(C)CC2=NN(c3ccccc3)[P@@](=Nc3ccc([N+](=O)[O-])cc3)(N3CCOCC3)C2=C(N2CCOCC2)C1. The lowest BCUT2D eigenvalue weighted by Gasteiger charge is -2.45. The van der Waals surface area contributed by atoms with E-state index in [9.17, 15) is 10.1 Å². The molecule has 0 saturated carbocycles. The van der Waals surface area contributed by atoms with Crippen molar-refractivity contribution < 1.29 is 14.4 Å². The maximum absolute atomic E-state index is 11.4. The van der Waals surface area contributed by atoms with Gasteiger partial charge in [0.05, 0.1) is 53.8 Å². The van der Waals surface area contributed by atoms with Crippen LogP contribution < -0.4 is 4.78 Å². The molecule has 0 aromatic heterocycles. The highest BCUT2D eigenvalue weighted by atomic mass is 31.2. The number of benzene rings is 2.